The van der Waals surface area contributed by atoms with E-state index in [0.717, 1.165) is 33.8 Å². The number of nitrogen functional groups attached to an aromatic ring is 2. The maximum Gasteiger partial charge on any atom is 0.221 e. The van der Waals surface area contributed by atoms with Gasteiger partial charge >= 0.3 is 0 Å². The number of hydrogen-bond donors (Lipinski definition) is 2. The summed E-state index contributed by atoms with van der Waals surface area (Å²) in [4.78, 5) is 8.11. The largest absolute Gasteiger partial charge is 0.489 e. The lowest BCUT2D eigenvalue weighted by Crippen LogP contribution is -2.04. The summed E-state index contributed by atoms with van der Waals surface area (Å²) in [7, 11) is 0. The van der Waals surface area contributed by atoms with Crippen LogP contribution in [0.5, 0.6) is 11.5 Å². The Morgan fingerprint density at radius 1 is 0.677 bits per heavy atom. The van der Waals surface area contributed by atoms with Gasteiger partial charge in [-0.2, -0.15) is 4.98 Å². The first kappa shape index (κ1) is 20.2. The zero-order chi connectivity index (χ0) is 21.5. The van der Waals surface area contributed by atoms with Crippen molar-refractivity contribution in [2.24, 2.45) is 0 Å². The molecule has 0 saturated heterocycles. The molecule has 0 amide bonds. The van der Waals surface area contributed by atoms with E-state index in [2.05, 4.69) is 9.97 Å². The van der Waals surface area contributed by atoms with Crippen molar-refractivity contribution in [3.05, 3.63) is 107 Å². The van der Waals surface area contributed by atoms with Crippen molar-refractivity contribution >= 4 is 11.8 Å². The highest BCUT2D eigenvalue weighted by molar-refractivity contribution is 5.47. The van der Waals surface area contributed by atoms with Gasteiger partial charge in [-0.25, -0.2) is 4.98 Å². The summed E-state index contributed by atoms with van der Waals surface area (Å²) in [6.07, 6.45) is 2.19. The number of anilines is 2. The molecule has 4 N–H and O–H groups in total. The predicted octanol–water partition coefficient (Wildman–Crippen LogP) is 4.39. The molecule has 0 radical (unpaired) electrons. The smallest absolute Gasteiger partial charge is 0.221 e. The third-order valence-electron chi connectivity index (χ3n) is 4.75. The van der Waals surface area contributed by atoms with Crippen LogP contribution in [0.3, 0.4) is 0 Å². The normalized spacial score (nSPS) is 10.6. The molecule has 0 aliphatic rings. The lowest BCUT2D eigenvalue weighted by Gasteiger charge is -2.13. The summed E-state index contributed by atoms with van der Waals surface area (Å²) in [5.41, 5.74) is 15.6. The summed E-state index contributed by atoms with van der Waals surface area (Å²) < 4.78 is 12.1. The van der Waals surface area contributed by atoms with Crippen LogP contribution < -0.4 is 20.9 Å². The fourth-order valence-corrected chi connectivity index (χ4v) is 3.17. The van der Waals surface area contributed by atoms with Crippen LogP contribution in [-0.4, -0.2) is 9.97 Å². The third-order valence-corrected chi connectivity index (χ3v) is 4.75. The molecule has 3 aromatic carbocycles. The van der Waals surface area contributed by atoms with Gasteiger partial charge in [-0.3, -0.25) is 0 Å². The number of hydrogen-bond acceptors (Lipinski definition) is 6. The summed E-state index contributed by atoms with van der Waals surface area (Å²) in [6, 6.07) is 25.9. The molecule has 6 heteroatoms. The molecule has 1 aromatic heterocycles. The fraction of sp³-hybridized carbons (Fsp3) is 0.120. The summed E-state index contributed by atoms with van der Waals surface area (Å²) in [5, 5.41) is 0. The van der Waals surface area contributed by atoms with E-state index in [1.54, 1.807) is 6.20 Å². The maximum atomic E-state index is 6.05. The second-order valence-corrected chi connectivity index (χ2v) is 7.18. The van der Waals surface area contributed by atoms with Crippen LogP contribution in [0.25, 0.3) is 0 Å². The van der Waals surface area contributed by atoms with E-state index in [1.165, 1.54) is 0 Å². The Labute approximate surface area is 181 Å². The number of rotatable bonds is 8. The quantitative estimate of drug-likeness (QED) is 0.446. The fourth-order valence-electron chi connectivity index (χ4n) is 3.17. The maximum absolute atomic E-state index is 6.05. The minimum atomic E-state index is 0.160. The van der Waals surface area contributed by atoms with E-state index in [0.29, 0.717) is 25.5 Å². The average Bonchev–Trinajstić information content (AvgIpc) is 2.80. The summed E-state index contributed by atoms with van der Waals surface area (Å²) in [6.45, 7) is 0.936. The molecule has 0 fully saturated rings. The van der Waals surface area contributed by atoms with Crippen LogP contribution in [0.15, 0.2) is 85.1 Å². The second-order valence-electron chi connectivity index (χ2n) is 7.18. The number of nitrogens with two attached hydrogens (primary N) is 2. The molecule has 156 valence electrons. The Kier molecular flexibility index (Phi) is 6.28. The predicted molar refractivity (Wildman–Crippen MR) is 122 cm³/mol. The first-order valence-electron chi connectivity index (χ1n) is 10.00. The van der Waals surface area contributed by atoms with Crippen LogP contribution >= 0.6 is 0 Å². The second kappa shape index (κ2) is 9.63. The Balaban J connectivity index is 1.56. The Morgan fingerprint density at radius 2 is 1.23 bits per heavy atom. The van der Waals surface area contributed by atoms with Gasteiger partial charge < -0.3 is 20.9 Å². The molecule has 4 rings (SSSR count). The third kappa shape index (κ3) is 5.73. The first-order valence-corrected chi connectivity index (χ1v) is 10.00. The van der Waals surface area contributed by atoms with E-state index in [9.17, 15) is 0 Å². The highest BCUT2D eigenvalue weighted by atomic mass is 16.5. The van der Waals surface area contributed by atoms with Crippen molar-refractivity contribution in [2.75, 3.05) is 11.5 Å². The molecule has 0 aliphatic carbocycles. The van der Waals surface area contributed by atoms with E-state index >= 15 is 0 Å². The summed E-state index contributed by atoms with van der Waals surface area (Å²) >= 11 is 0. The van der Waals surface area contributed by atoms with Crippen LogP contribution in [0, 0.1) is 0 Å². The monoisotopic (exact) mass is 412 g/mol. The topological polar surface area (TPSA) is 96.3 Å². The van der Waals surface area contributed by atoms with E-state index in [-0.39, 0.29) is 5.95 Å². The molecule has 6 nitrogen and oxygen atoms in total. The number of aromatic nitrogens is 2. The van der Waals surface area contributed by atoms with Crippen LogP contribution in [-0.2, 0) is 19.6 Å². The Hall–Kier alpha value is -4.06. The van der Waals surface area contributed by atoms with Crippen molar-refractivity contribution in [1.82, 2.24) is 9.97 Å². The highest BCUT2D eigenvalue weighted by Gasteiger charge is 2.09. The van der Waals surface area contributed by atoms with Gasteiger partial charge in [-0.05, 0) is 28.8 Å². The molecule has 31 heavy (non-hydrogen) atoms. The zero-order valence-corrected chi connectivity index (χ0v) is 17.1. The number of ether oxygens (including phenoxy) is 2. The Bertz CT molecular complexity index is 1070. The Morgan fingerprint density at radius 3 is 1.74 bits per heavy atom. The van der Waals surface area contributed by atoms with Crippen molar-refractivity contribution in [1.29, 1.82) is 0 Å². The standard InChI is InChI=1S/C25H24N4O2/c26-24-21(15-28-25(27)29-24)11-20-12-22(30-16-18-7-3-1-4-8-18)14-23(13-20)31-17-19-9-5-2-6-10-19/h1-10,12-15H,11,16-17H2,(H4,26,27,28,29). The van der Waals surface area contributed by atoms with Gasteiger partial charge in [-0.1, -0.05) is 60.7 Å². The summed E-state index contributed by atoms with van der Waals surface area (Å²) in [5.74, 6) is 1.97. The average molecular weight is 412 g/mol. The lowest BCUT2D eigenvalue weighted by atomic mass is 10.1. The van der Waals surface area contributed by atoms with Gasteiger partial charge in [0.1, 0.15) is 30.5 Å². The molecule has 0 spiro atoms. The van der Waals surface area contributed by atoms with Crippen molar-refractivity contribution in [3.63, 3.8) is 0 Å². The first-order chi connectivity index (χ1) is 15.2. The number of benzene rings is 3. The van der Waals surface area contributed by atoms with Crippen LogP contribution in [0.2, 0.25) is 0 Å². The van der Waals surface area contributed by atoms with Gasteiger partial charge in [0, 0.05) is 24.2 Å². The van der Waals surface area contributed by atoms with Gasteiger partial charge in [0.05, 0.1) is 0 Å². The van der Waals surface area contributed by atoms with Crippen molar-refractivity contribution < 1.29 is 9.47 Å². The van der Waals surface area contributed by atoms with Gasteiger partial charge in [0.2, 0.25) is 5.95 Å². The molecule has 1 heterocycles. The molecular formula is C25H24N4O2. The van der Waals surface area contributed by atoms with Crippen molar-refractivity contribution in [2.45, 2.75) is 19.6 Å². The molecule has 0 saturated carbocycles. The van der Waals surface area contributed by atoms with Crippen LogP contribution in [0.1, 0.15) is 22.3 Å². The zero-order valence-electron chi connectivity index (χ0n) is 17.1. The number of nitrogens with zero attached hydrogens (tertiary/aromatic N) is 2. The van der Waals surface area contributed by atoms with E-state index < -0.39 is 0 Å². The minimum Gasteiger partial charge on any atom is -0.489 e. The minimum absolute atomic E-state index is 0.160. The molecule has 4 aromatic rings. The van der Waals surface area contributed by atoms with Gasteiger partial charge in [0.15, 0.2) is 0 Å². The lowest BCUT2D eigenvalue weighted by molar-refractivity contribution is 0.289. The molecular weight excluding hydrogens is 388 g/mol. The SMILES string of the molecule is Nc1ncc(Cc2cc(OCc3ccccc3)cc(OCc3ccccc3)c2)c(N)n1. The molecule has 0 unspecified atom stereocenters. The van der Waals surface area contributed by atoms with Crippen LogP contribution in [0.4, 0.5) is 11.8 Å². The van der Waals surface area contributed by atoms with Gasteiger partial charge in [0.25, 0.3) is 0 Å². The van der Waals surface area contributed by atoms with Crippen molar-refractivity contribution in [3.8, 4) is 11.5 Å². The van der Waals surface area contributed by atoms with E-state index in [1.807, 2.05) is 78.9 Å². The molecule has 0 atom stereocenters. The van der Waals surface area contributed by atoms with Gasteiger partial charge in [-0.15, -0.1) is 0 Å². The van der Waals surface area contributed by atoms with E-state index in [4.69, 9.17) is 20.9 Å². The highest BCUT2D eigenvalue weighted by Crippen LogP contribution is 2.27. The molecule has 0 bridgehead atoms. The molecule has 0 aliphatic heterocycles.